The molecule has 0 atom stereocenters. The molecular weight excluding hydrogens is 342 g/mol. The molecule has 2 rings (SSSR count). The van der Waals surface area contributed by atoms with Gasteiger partial charge in [-0.25, -0.2) is 0 Å². The van der Waals surface area contributed by atoms with Crippen molar-refractivity contribution < 1.29 is 9.53 Å². The number of methoxy groups -OCH3 is 1. The Labute approximate surface area is 139 Å². The number of carbonyl (C=O) groups excluding carboxylic acids is 1. The molecule has 0 unspecified atom stereocenters. The fourth-order valence-corrected chi connectivity index (χ4v) is 2.95. The van der Waals surface area contributed by atoms with Gasteiger partial charge in [0.25, 0.3) is 5.91 Å². The highest BCUT2D eigenvalue weighted by Crippen LogP contribution is 2.28. The summed E-state index contributed by atoms with van der Waals surface area (Å²) in [5.41, 5.74) is 3.76. The molecule has 0 aliphatic rings. The topological polar surface area (TPSA) is 38.3 Å². The predicted octanol–water partition coefficient (Wildman–Crippen LogP) is 4.83. The third-order valence-electron chi connectivity index (χ3n) is 3.60. The van der Waals surface area contributed by atoms with Crippen LogP contribution < -0.4 is 10.1 Å². The highest BCUT2D eigenvalue weighted by molar-refractivity contribution is 9.10. The molecule has 0 aliphatic carbocycles. The summed E-state index contributed by atoms with van der Waals surface area (Å²) in [5, 5.41) is 3.06. The smallest absolute Gasteiger partial charge is 0.255 e. The van der Waals surface area contributed by atoms with Gasteiger partial charge in [0.2, 0.25) is 0 Å². The summed E-state index contributed by atoms with van der Waals surface area (Å²) in [6.45, 7) is 4.17. The Hall–Kier alpha value is -1.81. The number of amides is 1. The van der Waals surface area contributed by atoms with Gasteiger partial charge in [-0.3, -0.25) is 4.79 Å². The zero-order valence-electron chi connectivity index (χ0n) is 13.1. The molecule has 116 valence electrons. The molecule has 1 N–H and O–H groups in total. The lowest BCUT2D eigenvalue weighted by Gasteiger charge is -2.15. The summed E-state index contributed by atoms with van der Waals surface area (Å²) < 4.78 is 6.22. The summed E-state index contributed by atoms with van der Waals surface area (Å²) in [7, 11) is 1.59. The van der Waals surface area contributed by atoms with Crippen LogP contribution in [0.1, 0.15) is 35.3 Å². The van der Waals surface area contributed by atoms with Crippen molar-refractivity contribution in [1.82, 2.24) is 0 Å². The Kier molecular flexibility index (Phi) is 5.61. The first-order chi connectivity index (χ1) is 10.6. The Morgan fingerprint density at radius 3 is 2.32 bits per heavy atom. The minimum atomic E-state index is -0.120. The molecule has 0 aromatic heterocycles. The lowest BCUT2D eigenvalue weighted by Crippen LogP contribution is -2.15. The van der Waals surface area contributed by atoms with Crippen LogP contribution in [0.4, 0.5) is 5.69 Å². The maximum Gasteiger partial charge on any atom is 0.255 e. The molecule has 4 heteroatoms. The molecule has 0 saturated carbocycles. The van der Waals surface area contributed by atoms with Gasteiger partial charge in [0.1, 0.15) is 5.75 Å². The van der Waals surface area contributed by atoms with Gasteiger partial charge >= 0.3 is 0 Å². The average molecular weight is 362 g/mol. The van der Waals surface area contributed by atoms with Gasteiger partial charge in [-0.1, -0.05) is 35.8 Å². The minimum Gasteiger partial charge on any atom is -0.497 e. The maximum atomic E-state index is 12.5. The zero-order valence-corrected chi connectivity index (χ0v) is 14.7. The van der Waals surface area contributed by atoms with Gasteiger partial charge in [0, 0.05) is 15.7 Å². The van der Waals surface area contributed by atoms with E-state index in [9.17, 15) is 4.79 Å². The first kappa shape index (κ1) is 16.6. The second-order valence-electron chi connectivity index (χ2n) is 4.99. The summed E-state index contributed by atoms with van der Waals surface area (Å²) in [4.78, 5) is 12.5. The quantitative estimate of drug-likeness (QED) is 0.827. The number of carbonyl (C=O) groups is 1. The van der Waals surface area contributed by atoms with Gasteiger partial charge in [-0.05, 0) is 54.3 Å². The molecular formula is C18H20BrNO2. The van der Waals surface area contributed by atoms with Gasteiger partial charge in [-0.15, -0.1) is 0 Å². The fourth-order valence-electron chi connectivity index (χ4n) is 2.39. The standard InChI is InChI=1S/C18H20BrNO2/c1-4-12-9-15(19)10-13(5-2)17(12)20-18(21)14-7-6-8-16(11-14)22-3/h6-11H,4-5H2,1-3H3,(H,20,21). The molecule has 0 aliphatic heterocycles. The zero-order chi connectivity index (χ0) is 16.1. The third-order valence-corrected chi connectivity index (χ3v) is 4.06. The normalized spacial score (nSPS) is 10.4. The van der Waals surface area contributed by atoms with Crippen LogP contribution in [-0.2, 0) is 12.8 Å². The van der Waals surface area contributed by atoms with Crippen LogP contribution in [-0.4, -0.2) is 13.0 Å². The molecule has 0 spiro atoms. The molecule has 0 heterocycles. The van der Waals surface area contributed by atoms with Gasteiger partial charge < -0.3 is 10.1 Å². The van der Waals surface area contributed by atoms with E-state index in [1.165, 1.54) is 0 Å². The number of aryl methyl sites for hydroxylation is 2. The van der Waals surface area contributed by atoms with E-state index >= 15 is 0 Å². The number of nitrogens with one attached hydrogen (secondary N) is 1. The highest BCUT2D eigenvalue weighted by Gasteiger charge is 2.13. The van der Waals surface area contributed by atoms with E-state index in [2.05, 4.69) is 47.2 Å². The van der Waals surface area contributed by atoms with Crippen molar-refractivity contribution >= 4 is 27.5 Å². The predicted molar refractivity (Wildman–Crippen MR) is 93.8 cm³/mol. The number of rotatable bonds is 5. The molecule has 1 amide bonds. The first-order valence-electron chi connectivity index (χ1n) is 7.35. The van der Waals surface area contributed by atoms with Crippen molar-refractivity contribution in [2.75, 3.05) is 12.4 Å². The van der Waals surface area contributed by atoms with Crippen LogP contribution in [0, 0.1) is 0 Å². The van der Waals surface area contributed by atoms with E-state index in [0.29, 0.717) is 11.3 Å². The minimum absolute atomic E-state index is 0.120. The van der Waals surface area contributed by atoms with Crippen molar-refractivity contribution in [3.05, 3.63) is 57.6 Å². The number of hydrogen-bond acceptors (Lipinski definition) is 2. The van der Waals surface area contributed by atoms with Gasteiger partial charge in [0.15, 0.2) is 0 Å². The van der Waals surface area contributed by atoms with Crippen LogP contribution in [0.15, 0.2) is 40.9 Å². The monoisotopic (exact) mass is 361 g/mol. The second-order valence-corrected chi connectivity index (χ2v) is 5.91. The van der Waals surface area contributed by atoms with Crippen molar-refractivity contribution in [3.8, 4) is 5.75 Å². The van der Waals surface area contributed by atoms with Gasteiger partial charge in [0.05, 0.1) is 7.11 Å². The molecule has 3 nitrogen and oxygen atoms in total. The van der Waals surface area contributed by atoms with Crippen molar-refractivity contribution in [2.45, 2.75) is 26.7 Å². The van der Waals surface area contributed by atoms with Crippen LogP contribution >= 0.6 is 15.9 Å². The highest BCUT2D eigenvalue weighted by atomic mass is 79.9. The van der Waals surface area contributed by atoms with E-state index in [1.54, 1.807) is 19.2 Å². The summed E-state index contributed by atoms with van der Waals surface area (Å²) in [6.07, 6.45) is 1.72. The van der Waals surface area contributed by atoms with Crippen LogP contribution in [0.25, 0.3) is 0 Å². The van der Waals surface area contributed by atoms with Crippen LogP contribution in [0.5, 0.6) is 5.75 Å². The second kappa shape index (κ2) is 7.45. The SMILES string of the molecule is CCc1cc(Br)cc(CC)c1NC(=O)c1cccc(OC)c1. The Bertz CT molecular complexity index is 658. The molecule has 22 heavy (non-hydrogen) atoms. The summed E-state index contributed by atoms with van der Waals surface area (Å²) in [5.74, 6) is 0.556. The van der Waals surface area contributed by atoms with Crippen LogP contribution in [0.3, 0.4) is 0 Å². The molecule has 2 aromatic rings. The Balaban J connectivity index is 2.35. The lowest BCUT2D eigenvalue weighted by molar-refractivity contribution is 0.102. The van der Waals surface area contributed by atoms with Crippen molar-refractivity contribution in [2.24, 2.45) is 0 Å². The van der Waals surface area contributed by atoms with E-state index < -0.39 is 0 Å². The third kappa shape index (κ3) is 3.69. The largest absolute Gasteiger partial charge is 0.497 e. The maximum absolute atomic E-state index is 12.5. The van der Waals surface area contributed by atoms with E-state index in [4.69, 9.17) is 4.74 Å². The number of halogens is 1. The Morgan fingerprint density at radius 1 is 1.14 bits per heavy atom. The van der Waals surface area contributed by atoms with E-state index in [0.717, 1.165) is 34.1 Å². The average Bonchev–Trinajstić information content (AvgIpc) is 2.55. The number of anilines is 1. The van der Waals surface area contributed by atoms with Crippen molar-refractivity contribution in [1.29, 1.82) is 0 Å². The Morgan fingerprint density at radius 2 is 1.77 bits per heavy atom. The number of hydrogen-bond donors (Lipinski definition) is 1. The molecule has 0 fully saturated rings. The summed E-state index contributed by atoms with van der Waals surface area (Å²) in [6, 6.07) is 11.3. The van der Waals surface area contributed by atoms with Crippen molar-refractivity contribution in [3.63, 3.8) is 0 Å². The molecule has 0 saturated heterocycles. The molecule has 2 aromatic carbocycles. The van der Waals surface area contributed by atoms with E-state index in [-0.39, 0.29) is 5.91 Å². The number of benzene rings is 2. The number of ether oxygens (including phenoxy) is 1. The molecule has 0 radical (unpaired) electrons. The lowest BCUT2D eigenvalue weighted by atomic mass is 10.0. The van der Waals surface area contributed by atoms with E-state index in [1.807, 2.05) is 12.1 Å². The van der Waals surface area contributed by atoms with Gasteiger partial charge in [-0.2, -0.15) is 0 Å². The fraction of sp³-hybridized carbons (Fsp3) is 0.278. The molecule has 0 bridgehead atoms. The van der Waals surface area contributed by atoms with Crippen LogP contribution in [0.2, 0.25) is 0 Å². The summed E-state index contributed by atoms with van der Waals surface area (Å²) >= 11 is 3.53. The first-order valence-corrected chi connectivity index (χ1v) is 8.15.